The number of rotatable bonds is 6. The molecule has 0 unspecified atom stereocenters. The lowest BCUT2D eigenvalue weighted by molar-refractivity contribution is -0.137. The maximum atomic E-state index is 10.5. The molecule has 2 heterocycles. The first-order valence-electron chi connectivity index (χ1n) is 5.09. The van der Waals surface area contributed by atoms with Gasteiger partial charge in [0.2, 0.25) is 11.7 Å². The Kier molecular flexibility index (Phi) is 4.34. The molecule has 8 heteroatoms. The first-order valence-corrected chi connectivity index (χ1v) is 7.13. The predicted molar refractivity (Wildman–Crippen MR) is 69.4 cm³/mol. The van der Waals surface area contributed by atoms with E-state index in [0.29, 0.717) is 23.2 Å². The Morgan fingerprint density at radius 3 is 3.17 bits per heavy atom. The molecule has 18 heavy (non-hydrogen) atoms. The van der Waals surface area contributed by atoms with Crippen molar-refractivity contribution in [2.75, 3.05) is 5.75 Å². The highest BCUT2D eigenvalue weighted by Crippen LogP contribution is 2.22. The minimum atomic E-state index is -1.01. The summed E-state index contributed by atoms with van der Waals surface area (Å²) in [5.41, 5.74) is 5.38. The van der Waals surface area contributed by atoms with Crippen LogP contribution in [0.25, 0.3) is 10.7 Å². The van der Waals surface area contributed by atoms with Gasteiger partial charge in [0.15, 0.2) is 0 Å². The largest absolute Gasteiger partial charge is 0.480 e. The molecule has 3 N–H and O–H groups in total. The molecule has 96 valence electrons. The zero-order chi connectivity index (χ0) is 13.0. The van der Waals surface area contributed by atoms with Crippen LogP contribution in [-0.2, 0) is 10.5 Å². The van der Waals surface area contributed by atoms with Crippen LogP contribution in [0.1, 0.15) is 5.89 Å². The van der Waals surface area contributed by atoms with Crippen molar-refractivity contribution in [3.05, 3.63) is 23.4 Å². The monoisotopic (exact) mass is 285 g/mol. The van der Waals surface area contributed by atoms with Crippen molar-refractivity contribution in [1.29, 1.82) is 0 Å². The number of carboxylic acids is 1. The summed E-state index contributed by atoms with van der Waals surface area (Å²) in [6, 6.07) is 2.96. The third-order valence-electron chi connectivity index (χ3n) is 2.05. The molecule has 0 aliphatic carbocycles. The van der Waals surface area contributed by atoms with Crippen molar-refractivity contribution in [1.82, 2.24) is 10.1 Å². The van der Waals surface area contributed by atoms with Crippen molar-refractivity contribution in [3.63, 3.8) is 0 Å². The predicted octanol–water partition coefficient (Wildman–Crippen LogP) is 1.44. The fourth-order valence-electron chi connectivity index (χ4n) is 1.16. The molecule has 0 amide bonds. The molecule has 0 radical (unpaired) electrons. The Balaban J connectivity index is 1.86. The Bertz CT molecular complexity index is 512. The maximum Gasteiger partial charge on any atom is 0.321 e. The Labute approximate surface area is 111 Å². The number of hydrogen-bond donors (Lipinski definition) is 2. The molecule has 0 aliphatic rings. The van der Waals surface area contributed by atoms with Crippen LogP contribution < -0.4 is 5.73 Å². The lowest BCUT2D eigenvalue weighted by Gasteiger charge is -2.03. The highest BCUT2D eigenvalue weighted by Gasteiger charge is 2.13. The number of aliphatic carboxylic acids is 1. The average molecular weight is 285 g/mol. The summed E-state index contributed by atoms with van der Waals surface area (Å²) in [4.78, 5) is 15.7. The van der Waals surface area contributed by atoms with Gasteiger partial charge in [-0.3, -0.25) is 4.79 Å². The van der Waals surface area contributed by atoms with Gasteiger partial charge in [-0.2, -0.15) is 4.98 Å². The molecule has 0 spiro atoms. The van der Waals surface area contributed by atoms with Gasteiger partial charge in [-0.25, -0.2) is 0 Å². The lowest BCUT2D eigenvalue weighted by atomic mass is 10.4. The number of nitrogens with two attached hydrogens (primary N) is 1. The second kappa shape index (κ2) is 5.98. The SMILES string of the molecule is N[C@H](CSCc1nc(-c2cccs2)no1)C(=O)O. The molecule has 0 aliphatic heterocycles. The second-order valence-corrected chi connectivity index (χ2v) is 5.43. The van der Waals surface area contributed by atoms with E-state index in [1.54, 1.807) is 0 Å². The van der Waals surface area contributed by atoms with E-state index in [4.69, 9.17) is 15.4 Å². The normalized spacial score (nSPS) is 12.5. The van der Waals surface area contributed by atoms with E-state index in [1.807, 2.05) is 17.5 Å². The first-order chi connectivity index (χ1) is 8.66. The van der Waals surface area contributed by atoms with Crippen molar-refractivity contribution in [2.24, 2.45) is 5.73 Å². The number of carboxylic acid groups (broad SMARTS) is 1. The van der Waals surface area contributed by atoms with E-state index in [2.05, 4.69) is 10.1 Å². The third-order valence-corrected chi connectivity index (χ3v) is 3.96. The van der Waals surface area contributed by atoms with Crippen molar-refractivity contribution >= 4 is 29.1 Å². The topological polar surface area (TPSA) is 102 Å². The van der Waals surface area contributed by atoms with Crippen molar-refractivity contribution in [2.45, 2.75) is 11.8 Å². The van der Waals surface area contributed by atoms with E-state index in [0.717, 1.165) is 4.88 Å². The number of hydrogen-bond acceptors (Lipinski definition) is 7. The fraction of sp³-hybridized carbons (Fsp3) is 0.300. The summed E-state index contributed by atoms with van der Waals surface area (Å²) in [6.45, 7) is 0. The molecule has 2 aromatic heterocycles. The van der Waals surface area contributed by atoms with E-state index < -0.39 is 12.0 Å². The fourth-order valence-corrected chi connectivity index (χ4v) is 2.62. The smallest absolute Gasteiger partial charge is 0.321 e. The lowest BCUT2D eigenvalue weighted by Crippen LogP contribution is -2.32. The molecular weight excluding hydrogens is 274 g/mol. The number of carbonyl (C=O) groups is 1. The minimum absolute atomic E-state index is 0.312. The van der Waals surface area contributed by atoms with Gasteiger partial charge in [-0.05, 0) is 11.4 Å². The summed E-state index contributed by atoms with van der Waals surface area (Å²) in [7, 11) is 0. The van der Waals surface area contributed by atoms with Gasteiger partial charge >= 0.3 is 5.97 Å². The van der Waals surface area contributed by atoms with Crippen LogP contribution in [0.4, 0.5) is 0 Å². The van der Waals surface area contributed by atoms with Gasteiger partial charge in [0.1, 0.15) is 6.04 Å². The van der Waals surface area contributed by atoms with E-state index in [-0.39, 0.29) is 0 Å². The van der Waals surface area contributed by atoms with Crippen molar-refractivity contribution in [3.8, 4) is 10.7 Å². The standard InChI is InChI=1S/C10H11N3O3S2/c11-6(10(14)15)4-17-5-8-12-9(13-16-8)7-2-1-3-18-7/h1-3,6H,4-5,11H2,(H,14,15)/t6-/m1/s1. The van der Waals surface area contributed by atoms with Crippen LogP contribution in [0, 0.1) is 0 Å². The summed E-state index contributed by atoms with van der Waals surface area (Å²) in [5.74, 6) is 0.794. The average Bonchev–Trinajstić information content (AvgIpc) is 2.98. The number of thioether (sulfide) groups is 1. The molecule has 0 fully saturated rings. The van der Waals surface area contributed by atoms with Gasteiger partial charge in [0, 0.05) is 5.75 Å². The maximum absolute atomic E-state index is 10.5. The third kappa shape index (κ3) is 3.31. The summed E-state index contributed by atoms with van der Waals surface area (Å²) in [5, 5.41) is 14.4. The van der Waals surface area contributed by atoms with E-state index in [9.17, 15) is 4.79 Å². The molecule has 0 bridgehead atoms. The Morgan fingerprint density at radius 2 is 2.50 bits per heavy atom. The molecular formula is C10H11N3O3S2. The molecule has 2 rings (SSSR count). The zero-order valence-electron chi connectivity index (χ0n) is 9.28. The highest BCUT2D eigenvalue weighted by molar-refractivity contribution is 7.98. The summed E-state index contributed by atoms with van der Waals surface area (Å²) < 4.78 is 5.07. The second-order valence-electron chi connectivity index (χ2n) is 3.45. The minimum Gasteiger partial charge on any atom is -0.480 e. The number of nitrogens with zero attached hydrogens (tertiary/aromatic N) is 2. The van der Waals surface area contributed by atoms with Gasteiger partial charge in [0.05, 0.1) is 10.6 Å². The van der Waals surface area contributed by atoms with Crippen LogP contribution in [0.2, 0.25) is 0 Å². The Hall–Kier alpha value is -1.38. The summed E-state index contributed by atoms with van der Waals surface area (Å²) >= 11 is 2.89. The van der Waals surface area contributed by atoms with E-state index >= 15 is 0 Å². The molecule has 6 nitrogen and oxygen atoms in total. The van der Waals surface area contributed by atoms with Crippen LogP contribution in [0.5, 0.6) is 0 Å². The highest BCUT2D eigenvalue weighted by atomic mass is 32.2. The summed E-state index contributed by atoms with van der Waals surface area (Å²) in [6.07, 6.45) is 0. The van der Waals surface area contributed by atoms with Crippen LogP contribution >= 0.6 is 23.1 Å². The van der Waals surface area contributed by atoms with Gasteiger partial charge in [0.25, 0.3) is 0 Å². The number of thiophene rings is 1. The molecule has 2 aromatic rings. The van der Waals surface area contributed by atoms with E-state index in [1.165, 1.54) is 23.1 Å². The number of aromatic nitrogens is 2. The van der Waals surface area contributed by atoms with Gasteiger partial charge < -0.3 is 15.4 Å². The van der Waals surface area contributed by atoms with Crippen LogP contribution in [0.15, 0.2) is 22.0 Å². The van der Waals surface area contributed by atoms with Gasteiger partial charge in [-0.1, -0.05) is 11.2 Å². The van der Waals surface area contributed by atoms with Crippen LogP contribution in [0.3, 0.4) is 0 Å². The molecule has 0 aromatic carbocycles. The van der Waals surface area contributed by atoms with Gasteiger partial charge in [-0.15, -0.1) is 23.1 Å². The first kappa shape index (κ1) is 13.1. The zero-order valence-corrected chi connectivity index (χ0v) is 10.9. The van der Waals surface area contributed by atoms with Crippen LogP contribution in [-0.4, -0.2) is 33.0 Å². The molecule has 0 saturated heterocycles. The van der Waals surface area contributed by atoms with Crippen molar-refractivity contribution < 1.29 is 14.4 Å². The quantitative estimate of drug-likeness (QED) is 0.827. The molecule has 0 saturated carbocycles. The molecule has 1 atom stereocenters. The Morgan fingerprint density at radius 1 is 1.67 bits per heavy atom.